The highest BCUT2D eigenvalue weighted by atomic mass is 35.5. The van der Waals surface area contributed by atoms with Crippen LogP contribution in [0.4, 0.5) is 0 Å². The van der Waals surface area contributed by atoms with E-state index in [4.69, 9.17) is 0 Å². The fourth-order valence-electron chi connectivity index (χ4n) is 2.93. The van der Waals surface area contributed by atoms with Crippen molar-refractivity contribution in [3.63, 3.8) is 0 Å². The third kappa shape index (κ3) is 5.73. The summed E-state index contributed by atoms with van der Waals surface area (Å²) in [6, 6.07) is 0. The average molecular weight is 340 g/mol. The van der Waals surface area contributed by atoms with Crippen molar-refractivity contribution in [2.45, 2.75) is 25.7 Å². The lowest BCUT2D eigenvalue weighted by molar-refractivity contribution is -0.132. The number of carbonyl (C=O) groups excluding carboxylic acids is 1. The molecule has 0 unspecified atom stereocenters. The summed E-state index contributed by atoms with van der Waals surface area (Å²) >= 11 is 0. The first kappa shape index (κ1) is 18.7. The topological polar surface area (TPSA) is 69.7 Å². The molecule has 6 nitrogen and oxygen atoms in total. The Morgan fingerprint density at radius 2 is 1.71 bits per heavy atom. The molecule has 21 heavy (non-hydrogen) atoms. The highest BCUT2D eigenvalue weighted by molar-refractivity contribution is 7.88. The van der Waals surface area contributed by atoms with E-state index in [1.807, 2.05) is 4.90 Å². The van der Waals surface area contributed by atoms with Gasteiger partial charge in [0.2, 0.25) is 15.9 Å². The second-order valence-electron chi connectivity index (χ2n) is 5.77. The standard InChI is InChI=1S/C13H25N3O3S.ClH/c1-20(18,19)16-10-8-15(9-11-16)13(17)3-2-12-4-6-14-7-5-12;/h12,14H,2-11H2,1H3;1H. The fourth-order valence-corrected chi connectivity index (χ4v) is 3.75. The molecular weight excluding hydrogens is 314 g/mol. The van der Waals surface area contributed by atoms with Gasteiger partial charge in [-0.3, -0.25) is 4.79 Å². The van der Waals surface area contributed by atoms with E-state index < -0.39 is 10.0 Å². The van der Waals surface area contributed by atoms with Crippen LogP contribution in [0.25, 0.3) is 0 Å². The van der Waals surface area contributed by atoms with Gasteiger partial charge in [-0.05, 0) is 38.3 Å². The molecule has 1 amide bonds. The van der Waals surface area contributed by atoms with Gasteiger partial charge in [-0.25, -0.2) is 8.42 Å². The van der Waals surface area contributed by atoms with Gasteiger partial charge in [0.15, 0.2) is 0 Å². The van der Waals surface area contributed by atoms with Gasteiger partial charge < -0.3 is 10.2 Å². The first-order valence-corrected chi connectivity index (χ1v) is 9.25. The van der Waals surface area contributed by atoms with Crippen molar-refractivity contribution in [3.05, 3.63) is 0 Å². The van der Waals surface area contributed by atoms with Crippen LogP contribution in [0.1, 0.15) is 25.7 Å². The number of piperidine rings is 1. The molecule has 8 heteroatoms. The predicted molar refractivity (Wildman–Crippen MR) is 85.1 cm³/mol. The number of hydrogen-bond acceptors (Lipinski definition) is 4. The number of halogens is 1. The van der Waals surface area contributed by atoms with Gasteiger partial charge in [-0.15, -0.1) is 12.4 Å². The van der Waals surface area contributed by atoms with Crippen LogP contribution < -0.4 is 5.32 Å². The normalized spacial score (nSPS) is 21.9. The van der Waals surface area contributed by atoms with Crippen LogP contribution in [0.2, 0.25) is 0 Å². The maximum atomic E-state index is 12.1. The molecule has 0 aromatic carbocycles. The Balaban J connectivity index is 0.00000220. The van der Waals surface area contributed by atoms with E-state index in [2.05, 4.69) is 5.32 Å². The maximum absolute atomic E-state index is 12.1. The number of sulfonamides is 1. The molecule has 2 rings (SSSR count). The highest BCUT2D eigenvalue weighted by Crippen LogP contribution is 2.18. The van der Waals surface area contributed by atoms with Crippen molar-refractivity contribution in [2.75, 3.05) is 45.5 Å². The lowest BCUT2D eigenvalue weighted by atomic mass is 9.93. The van der Waals surface area contributed by atoms with Crippen LogP contribution in [0.15, 0.2) is 0 Å². The molecule has 124 valence electrons. The Kier molecular flexibility index (Phi) is 7.39. The Labute approximate surface area is 133 Å². The summed E-state index contributed by atoms with van der Waals surface area (Å²) in [6.07, 6.45) is 5.11. The Hall–Kier alpha value is -0.370. The molecule has 0 radical (unpaired) electrons. The van der Waals surface area contributed by atoms with Crippen molar-refractivity contribution in [1.82, 2.24) is 14.5 Å². The lowest BCUT2D eigenvalue weighted by Crippen LogP contribution is -2.50. The molecular formula is C13H26ClN3O3S. The summed E-state index contributed by atoms with van der Waals surface area (Å²) in [4.78, 5) is 13.9. The molecule has 0 spiro atoms. The van der Waals surface area contributed by atoms with Crippen LogP contribution in [0.3, 0.4) is 0 Å². The summed E-state index contributed by atoms with van der Waals surface area (Å²) in [5, 5.41) is 3.33. The van der Waals surface area contributed by atoms with Gasteiger partial charge in [0, 0.05) is 32.6 Å². The van der Waals surface area contributed by atoms with Gasteiger partial charge in [0.25, 0.3) is 0 Å². The van der Waals surface area contributed by atoms with E-state index in [0.717, 1.165) is 32.4 Å². The molecule has 2 saturated heterocycles. The van der Waals surface area contributed by atoms with Crippen LogP contribution >= 0.6 is 12.4 Å². The van der Waals surface area contributed by atoms with E-state index in [9.17, 15) is 13.2 Å². The summed E-state index contributed by atoms with van der Waals surface area (Å²) < 4.78 is 24.3. The SMILES string of the molecule is CS(=O)(=O)N1CCN(C(=O)CCC2CCNCC2)CC1.Cl. The zero-order chi connectivity index (χ0) is 14.6. The maximum Gasteiger partial charge on any atom is 0.222 e. The van der Waals surface area contributed by atoms with E-state index in [-0.39, 0.29) is 18.3 Å². The Morgan fingerprint density at radius 1 is 1.14 bits per heavy atom. The number of nitrogens with one attached hydrogen (secondary N) is 1. The molecule has 2 heterocycles. The number of nitrogens with zero attached hydrogens (tertiary/aromatic N) is 2. The molecule has 2 aliphatic heterocycles. The first-order chi connectivity index (χ1) is 9.47. The van der Waals surface area contributed by atoms with Crippen molar-refractivity contribution in [1.29, 1.82) is 0 Å². The van der Waals surface area contributed by atoms with Gasteiger partial charge in [0.05, 0.1) is 6.26 Å². The third-order valence-electron chi connectivity index (χ3n) is 4.29. The summed E-state index contributed by atoms with van der Waals surface area (Å²) in [5.74, 6) is 0.842. The van der Waals surface area contributed by atoms with Crippen molar-refractivity contribution >= 4 is 28.3 Å². The summed E-state index contributed by atoms with van der Waals surface area (Å²) in [5.41, 5.74) is 0. The molecule has 1 N–H and O–H groups in total. The number of hydrogen-bond donors (Lipinski definition) is 1. The van der Waals surface area contributed by atoms with Crippen LogP contribution in [0, 0.1) is 5.92 Å². The zero-order valence-electron chi connectivity index (χ0n) is 12.6. The Morgan fingerprint density at radius 3 is 2.24 bits per heavy atom. The minimum atomic E-state index is -3.12. The van der Waals surface area contributed by atoms with Crippen LogP contribution in [-0.2, 0) is 14.8 Å². The molecule has 0 bridgehead atoms. The van der Waals surface area contributed by atoms with Crippen molar-refractivity contribution in [3.8, 4) is 0 Å². The molecule has 0 aliphatic carbocycles. The predicted octanol–water partition coefficient (Wildman–Crippen LogP) is 0.292. The zero-order valence-corrected chi connectivity index (χ0v) is 14.2. The third-order valence-corrected chi connectivity index (χ3v) is 5.59. The second kappa shape index (κ2) is 8.31. The number of rotatable bonds is 4. The largest absolute Gasteiger partial charge is 0.340 e. The quantitative estimate of drug-likeness (QED) is 0.799. The van der Waals surface area contributed by atoms with E-state index in [1.54, 1.807) is 0 Å². The molecule has 2 fully saturated rings. The monoisotopic (exact) mass is 339 g/mol. The number of amides is 1. The minimum Gasteiger partial charge on any atom is -0.340 e. The first-order valence-electron chi connectivity index (χ1n) is 7.40. The highest BCUT2D eigenvalue weighted by Gasteiger charge is 2.26. The van der Waals surface area contributed by atoms with Gasteiger partial charge in [-0.2, -0.15) is 4.31 Å². The average Bonchev–Trinajstić information content (AvgIpc) is 2.45. The van der Waals surface area contributed by atoms with Gasteiger partial charge in [0.1, 0.15) is 0 Å². The smallest absolute Gasteiger partial charge is 0.222 e. The van der Waals surface area contributed by atoms with Crippen molar-refractivity contribution < 1.29 is 13.2 Å². The van der Waals surface area contributed by atoms with E-state index >= 15 is 0 Å². The number of carbonyl (C=O) groups is 1. The Bertz CT molecular complexity index is 430. The van der Waals surface area contributed by atoms with Gasteiger partial charge in [-0.1, -0.05) is 0 Å². The molecule has 0 aromatic rings. The van der Waals surface area contributed by atoms with Crippen molar-refractivity contribution in [2.24, 2.45) is 5.92 Å². The van der Waals surface area contributed by atoms with E-state index in [0.29, 0.717) is 38.5 Å². The molecule has 0 saturated carbocycles. The second-order valence-corrected chi connectivity index (χ2v) is 7.76. The molecule has 0 aromatic heterocycles. The lowest BCUT2D eigenvalue weighted by Gasteiger charge is -2.33. The summed E-state index contributed by atoms with van der Waals surface area (Å²) in [6.45, 7) is 4.03. The van der Waals surface area contributed by atoms with Gasteiger partial charge >= 0.3 is 0 Å². The van der Waals surface area contributed by atoms with E-state index in [1.165, 1.54) is 10.6 Å². The minimum absolute atomic E-state index is 0. The van der Waals surface area contributed by atoms with Crippen LogP contribution in [-0.4, -0.2) is 69.1 Å². The van der Waals surface area contributed by atoms with Crippen LogP contribution in [0.5, 0.6) is 0 Å². The summed E-state index contributed by atoms with van der Waals surface area (Å²) in [7, 11) is -3.12. The molecule has 0 atom stereocenters. The fraction of sp³-hybridized carbons (Fsp3) is 0.923. The number of piperazine rings is 1. The molecule has 2 aliphatic rings.